The summed E-state index contributed by atoms with van der Waals surface area (Å²) in [6.45, 7) is 6.30. The van der Waals surface area contributed by atoms with Crippen molar-refractivity contribution in [2.45, 2.75) is 20.4 Å². The molecule has 0 saturated carbocycles. The van der Waals surface area contributed by atoms with Gasteiger partial charge in [0.05, 0.1) is 5.69 Å². The largest absolute Gasteiger partial charge is 0.361 e. The predicted molar refractivity (Wildman–Crippen MR) is 70.8 cm³/mol. The van der Waals surface area contributed by atoms with E-state index in [-0.39, 0.29) is 6.54 Å². The Hall–Kier alpha value is -0.960. The van der Waals surface area contributed by atoms with Crippen molar-refractivity contribution in [2.75, 3.05) is 33.2 Å². The Labute approximate surface area is 113 Å². The number of aryl methyl sites for hydroxylation is 2. The highest BCUT2D eigenvalue weighted by Gasteiger charge is 2.29. The first-order valence-electron chi connectivity index (χ1n) is 6.27. The molecular formula is C11H20N4O3S. The van der Waals surface area contributed by atoms with Gasteiger partial charge in [-0.1, -0.05) is 5.16 Å². The molecule has 0 atom stereocenters. The van der Waals surface area contributed by atoms with Gasteiger partial charge in [-0.05, 0) is 13.8 Å². The van der Waals surface area contributed by atoms with Crippen molar-refractivity contribution in [3.05, 3.63) is 17.0 Å². The van der Waals surface area contributed by atoms with E-state index in [1.165, 1.54) is 8.61 Å². The van der Waals surface area contributed by atoms with E-state index in [0.29, 0.717) is 31.9 Å². The van der Waals surface area contributed by atoms with Gasteiger partial charge >= 0.3 is 0 Å². The summed E-state index contributed by atoms with van der Waals surface area (Å²) in [5.41, 5.74) is 1.57. The Morgan fingerprint density at radius 1 is 1.37 bits per heavy atom. The summed E-state index contributed by atoms with van der Waals surface area (Å²) in [6.07, 6.45) is 0. The maximum Gasteiger partial charge on any atom is 0.282 e. The van der Waals surface area contributed by atoms with Crippen LogP contribution in [0.3, 0.4) is 0 Å². The van der Waals surface area contributed by atoms with Crippen LogP contribution in [0.25, 0.3) is 0 Å². The first-order chi connectivity index (χ1) is 8.93. The number of rotatable bonds is 4. The molecule has 108 valence electrons. The topological polar surface area (TPSA) is 78.7 Å². The standard InChI is InChI=1S/C11H20N4O3S/c1-9-11(10(2)18-13-9)8-14(3)19(16,17)15-6-4-12-5-7-15/h12H,4-8H2,1-3H3. The molecule has 1 aliphatic heterocycles. The average Bonchev–Trinajstić information content (AvgIpc) is 2.71. The summed E-state index contributed by atoms with van der Waals surface area (Å²) in [5, 5.41) is 6.98. The van der Waals surface area contributed by atoms with Gasteiger partial charge in [0.2, 0.25) is 0 Å². The summed E-state index contributed by atoms with van der Waals surface area (Å²) in [7, 11) is -1.83. The van der Waals surface area contributed by atoms with Crippen LogP contribution in [0.5, 0.6) is 0 Å². The van der Waals surface area contributed by atoms with Gasteiger partial charge in [0, 0.05) is 45.3 Å². The van der Waals surface area contributed by atoms with Crippen LogP contribution in [-0.4, -0.2) is 55.4 Å². The van der Waals surface area contributed by atoms with E-state index in [0.717, 1.165) is 11.3 Å². The van der Waals surface area contributed by atoms with Crippen molar-refractivity contribution in [3.8, 4) is 0 Å². The molecule has 2 rings (SSSR count). The van der Waals surface area contributed by atoms with Gasteiger partial charge in [-0.15, -0.1) is 0 Å². The molecular weight excluding hydrogens is 268 g/mol. The predicted octanol–water partition coefficient (Wildman–Crippen LogP) is -0.127. The Kier molecular flexibility index (Phi) is 4.24. The van der Waals surface area contributed by atoms with Crippen LogP contribution >= 0.6 is 0 Å². The van der Waals surface area contributed by atoms with Crippen LogP contribution < -0.4 is 5.32 Å². The molecule has 0 amide bonds. The molecule has 19 heavy (non-hydrogen) atoms. The van der Waals surface area contributed by atoms with E-state index < -0.39 is 10.2 Å². The Morgan fingerprint density at radius 3 is 2.53 bits per heavy atom. The molecule has 1 fully saturated rings. The summed E-state index contributed by atoms with van der Waals surface area (Å²) < 4.78 is 32.7. The molecule has 7 nitrogen and oxygen atoms in total. The fourth-order valence-corrected chi connectivity index (χ4v) is 3.43. The normalized spacial score (nSPS) is 18.1. The minimum Gasteiger partial charge on any atom is -0.361 e. The second-order valence-corrected chi connectivity index (χ2v) is 6.75. The van der Waals surface area contributed by atoms with Crippen LogP contribution in [0.1, 0.15) is 17.0 Å². The van der Waals surface area contributed by atoms with E-state index in [1.54, 1.807) is 14.0 Å². The van der Waals surface area contributed by atoms with Crippen molar-refractivity contribution in [1.29, 1.82) is 0 Å². The smallest absolute Gasteiger partial charge is 0.282 e. The summed E-state index contributed by atoms with van der Waals surface area (Å²) in [5.74, 6) is 0.667. The molecule has 0 unspecified atom stereocenters. The fourth-order valence-electron chi connectivity index (χ4n) is 2.10. The molecule has 1 saturated heterocycles. The lowest BCUT2D eigenvalue weighted by atomic mass is 10.2. The summed E-state index contributed by atoms with van der Waals surface area (Å²) in [4.78, 5) is 0. The van der Waals surface area contributed by atoms with Crippen molar-refractivity contribution in [1.82, 2.24) is 19.1 Å². The molecule has 0 aliphatic carbocycles. The van der Waals surface area contributed by atoms with Crippen LogP contribution in [0.2, 0.25) is 0 Å². The maximum atomic E-state index is 12.4. The number of hydrogen-bond donors (Lipinski definition) is 1. The number of nitrogens with zero attached hydrogens (tertiary/aromatic N) is 3. The van der Waals surface area contributed by atoms with Gasteiger partial charge in [-0.2, -0.15) is 17.0 Å². The fraction of sp³-hybridized carbons (Fsp3) is 0.727. The number of hydrogen-bond acceptors (Lipinski definition) is 5. The van der Waals surface area contributed by atoms with Gasteiger partial charge in [0.1, 0.15) is 5.76 Å². The molecule has 0 radical (unpaired) electrons. The monoisotopic (exact) mass is 288 g/mol. The second kappa shape index (κ2) is 5.58. The van der Waals surface area contributed by atoms with Gasteiger partial charge in [-0.3, -0.25) is 0 Å². The molecule has 0 spiro atoms. The molecule has 0 aromatic carbocycles. The van der Waals surface area contributed by atoms with Gasteiger partial charge in [-0.25, -0.2) is 0 Å². The number of piperazine rings is 1. The van der Waals surface area contributed by atoms with Crippen LogP contribution in [0.15, 0.2) is 4.52 Å². The highest BCUT2D eigenvalue weighted by atomic mass is 32.2. The third-order valence-corrected chi connectivity index (χ3v) is 5.29. The van der Waals surface area contributed by atoms with E-state index in [9.17, 15) is 8.42 Å². The van der Waals surface area contributed by atoms with E-state index in [4.69, 9.17) is 4.52 Å². The molecule has 0 bridgehead atoms. The number of aromatic nitrogens is 1. The first kappa shape index (κ1) is 14.4. The molecule has 2 heterocycles. The lowest BCUT2D eigenvalue weighted by molar-refractivity contribution is 0.323. The van der Waals surface area contributed by atoms with Crippen molar-refractivity contribution in [2.24, 2.45) is 0 Å². The zero-order valence-electron chi connectivity index (χ0n) is 11.5. The Bertz CT molecular complexity index is 515. The van der Waals surface area contributed by atoms with E-state index in [1.807, 2.05) is 6.92 Å². The van der Waals surface area contributed by atoms with Gasteiger partial charge < -0.3 is 9.84 Å². The minimum absolute atomic E-state index is 0.285. The van der Waals surface area contributed by atoms with Crippen molar-refractivity contribution < 1.29 is 12.9 Å². The highest BCUT2D eigenvalue weighted by molar-refractivity contribution is 7.86. The van der Waals surface area contributed by atoms with Crippen LogP contribution in [-0.2, 0) is 16.8 Å². The second-order valence-electron chi connectivity index (χ2n) is 4.72. The highest BCUT2D eigenvalue weighted by Crippen LogP contribution is 2.17. The van der Waals surface area contributed by atoms with Crippen molar-refractivity contribution >= 4 is 10.2 Å². The van der Waals surface area contributed by atoms with Gasteiger partial charge in [0.25, 0.3) is 10.2 Å². The van der Waals surface area contributed by atoms with E-state index >= 15 is 0 Å². The molecule has 8 heteroatoms. The SMILES string of the molecule is Cc1noc(C)c1CN(C)S(=O)(=O)N1CCNCC1. The summed E-state index contributed by atoms with van der Waals surface area (Å²) in [6, 6.07) is 0. The van der Waals surface area contributed by atoms with E-state index in [2.05, 4.69) is 10.5 Å². The average molecular weight is 288 g/mol. The molecule has 1 N–H and O–H groups in total. The Morgan fingerprint density at radius 2 is 2.00 bits per heavy atom. The molecule has 1 aliphatic rings. The lowest BCUT2D eigenvalue weighted by Gasteiger charge is -2.30. The van der Waals surface area contributed by atoms with Crippen LogP contribution in [0, 0.1) is 13.8 Å². The van der Waals surface area contributed by atoms with Crippen LogP contribution in [0.4, 0.5) is 0 Å². The minimum atomic E-state index is -3.41. The van der Waals surface area contributed by atoms with Gasteiger partial charge in [0.15, 0.2) is 0 Å². The molecule has 1 aromatic heterocycles. The van der Waals surface area contributed by atoms with Crippen molar-refractivity contribution in [3.63, 3.8) is 0 Å². The zero-order valence-corrected chi connectivity index (χ0v) is 12.3. The quantitative estimate of drug-likeness (QED) is 0.835. The maximum absolute atomic E-state index is 12.4. The zero-order chi connectivity index (χ0) is 14.0. The number of nitrogens with one attached hydrogen (secondary N) is 1. The lowest BCUT2D eigenvalue weighted by Crippen LogP contribution is -2.50. The third-order valence-electron chi connectivity index (χ3n) is 3.36. The molecule has 1 aromatic rings. The first-order valence-corrected chi connectivity index (χ1v) is 7.66. The summed E-state index contributed by atoms with van der Waals surface area (Å²) >= 11 is 0. The Balaban J connectivity index is 2.12. The third kappa shape index (κ3) is 2.97.